The van der Waals surface area contributed by atoms with Gasteiger partial charge in [0, 0.05) is 10.1 Å². The lowest BCUT2D eigenvalue weighted by molar-refractivity contribution is 0.657. The quantitative estimate of drug-likeness (QED) is 0.784. The highest BCUT2D eigenvalue weighted by Gasteiger charge is 2.22. The maximum absolute atomic E-state index is 3.21. The summed E-state index contributed by atoms with van der Waals surface area (Å²) in [7, 11) is 2.03. The van der Waals surface area contributed by atoms with Crippen molar-refractivity contribution in [3.05, 3.63) is 29.3 Å². The summed E-state index contributed by atoms with van der Waals surface area (Å²) in [6.45, 7) is 3.38. The maximum atomic E-state index is 3.21. The van der Waals surface area contributed by atoms with Crippen LogP contribution in [0, 0.1) is 6.92 Å². The van der Waals surface area contributed by atoms with E-state index in [1.807, 2.05) is 7.05 Å². The minimum Gasteiger partial charge on any atom is -0.320 e. The predicted molar refractivity (Wildman–Crippen MR) is 67.7 cm³/mol. The summed E-state index contributed by atoms with van der Waals surface area (Å²) >= 11 is 2.07. The molecule has 0 aromatic heterocycles. The van der Waals surface area contributed by atoms with Gasteiger partial charge in [0.25, 0.3) is 0 Å². The van der Waals surface area contributed by atoms with Crippen LogP contribution in [-0.2, 0) is 6.42 Å². The lowest BCUT2D eigenvalue weighted by Gasteiger charge is -2.07. The number of aryl methyl sites for hydroxylation is 1. The minimum absolute atomic E-state index is 0.814. The Balaban J connectivity index is 1.94. The standard InChI is InChI=1S/C13H19NS/c1-10-5-3-7-13-12(10)9-11(15-13)6-4-8-14-2/h3,5,7,11,14H,4,6,8-9H2,1-2H3. The first-order chi connectivity index (χ1) is 7.31. The second-order valence-electron chi connectivity index (χ2n) is 4.24. The third kappa shape index (κ3) is 2.56. The van der Waals surface area contributed by atoms with Crippen molar-refractivity contribution in [2.45, 2.75) is 36.3 Å². The topological polar surface area (TPSA) is 12.0 Å². The van der Waals surface area contributed by atoms with Gasteiger partial charge in [-0.1, -0.05) is 12.1 Å². The molecule has 1 heterocycles. The zero-order chi connectivity index (χ0) is 10.7. The molecule has 1 N–H and O–H groups in total. The van der Waals surface area contributed by atoms with Gasteiger partial charge in [-0.3, -0.25) is 0 Å². The molecule has 1 aliphatic heterocycles. The molecule has 1 nitrogen and oxygen atoms in total. The molecule has 0 spiro atoms. The molecule has 0 fully saturated rings. The van der Waals surface area contributed by atoms with Crippen molar-refractivity contribution in [1.82, 2.24) is 5.32 Å². The Morgan fingerprint density at radius 2 is 2.33 bits per heavy atom. The number of rotatable bonds is 4. The van der Waals surface area contributed by atoms with Crippen molar-refractivity contribution in [1.29, 1.82) is 0 Å². The number of fused-ring (bicyclic) bond motifs is 1. The summed E-state index contributed by atoms with van der Waals surface area (Å²) in [5.41, 5.74) is 3.06. The van der Waals surface area contributed by atoms with E-state index in [-0.39, 0.29) is 0 Å². The van der Waals surface area contributed by atoms with Crippen LogP contribution in [0.3, 0.4) is 0 Å². The summed E-state index contributed by atoms with van der Waals surface area (Å²) < 4.78 is 0. The van der Waals surface area contributed by atoms with Crippen molar-refractivity contribution in [3.8, 4) is 0 Å². The van der Waals surface area contributed by atoms with Gasteiger partial charge < -0.3 is 5.32 Å². The Bertz CT molecular complexity index is 335. The lowest BCUT2D eigenvalue weighted by Crippen LogP contribution is -2.10. The first-order valence-corrected chi connectivity index (χ1v) is 6.59. The van der Waals surface area contributed by atoms with Crippen LogP contribution in [0.1, 0.15) is 24.0 Å². The molecule has 0 aliphatic carbocycles. The molecule has 82 valence electrons. The fourth-order valence-corrected chi connectivity index (χ4v) is 3.60. The Kier molecular flexibility index (Phi) is 3.71. The van der Waals surface area contributed by atoms with E-state index in [0.29, 0.717) is 0 Å². The van der Waals surface area contributed by atoms with E-state index in [1.54, 1.807) is 5.56 Å². The number of hydrogen-bond donors (Lipinski definition) is 1. The van der Waals surface area contributed by atoms with Crippen LogP contribution in [0.2, 0.25) is 0 Å². The molecule has 15 heavy (non-hydrogen) atoms. The Labute approximate surface area is 96.7 Å². The van der Waals surface area contributed by atoms with Gasteiger partial charge in [-0.2, -0.15) is 0 Å². The first-order valence-electron chi connectivity index (χ1n) is 5.71. The molecule has 0 saturated heterocycles. The van der Waals surface area contributed by atoms with Gasteiger partial charge in [0.2, 0.25) is 0 Å². The summed E-state index contributed by atoms with van der Waals surface area (Å²) in [4.78, 5) is 1.52. The van der Waals surface area contributed by atoms with Crippen LogP contribution < -0.4 is 5.32 Å². The lowest BCUT2D eigenvalue weighted by atomic mass is 10.0. The highest BCUT2D eigenvalue weighted by Crippen LogP contribution is 2.40. The molecular formula is C13H19NS. The average molecular weight is 221 g/mol. The second-order valence-corrected chi connectivity index (χ2v) is 5.58. The van der Waals surface area contributed by atoms with Crippen molar-refractivity contribution in [2.24, 2.45) is 0 Å². The third-order valence-corrected chi connectivity index (χ3v) is 4.42. The molecule has 0 bridgehead atoms. The van der Waals surface area contributed by atoms with Gasteiger partial charge in [0.15, 0.2) is 0 Å². The van der Waals surface area contributed by atoms with E-state index in [1.165, 1.54) is 29.7 Å². The molecule has 2 heteroatoms. The van der Waals surface area contributed by atoms with E-state index >= 15 is 0 Å². The van der Waals surface area contributed by atoms with Crippen LogP contribution >= 0.6 is 11.8 Å². The van der Waals surface area contributed by atoms with Crippen molar-refractivity contribution in [3.63, 3.8) is 0 Å². The highest BCUT2D eigenvalue weighted by atomic mass is 32.2. The second kappa shape index (κ2) is 5.04. The minimum atomic E-state index is 0.814. The fourth-order valence-electron chi connectivity index (χ4n) is 2.16. The van der Waals surface area contributed by atoms with Gasteiger partial charge in [0.1, 0.15) is 0 Å². The monoisotopic (exact) mass is 221 g/mol. The Morgan fingerprint density at radius 1 is 1.47 bits per heavy atom. The Hall–Kier alpha value is -0.470. The molecule has 1 atom stereocenters. The largest absolute Gasteiger partial charge is 0.320 e. The predicted octanol–water partition coefficient (Wildman–Crippen LogP) is 3.01. The molecule has 1 aromatic carbocycles. The van der Waals surface area contributed by atoms with Crippen LogP contribution in [0.5, 0.6) is 0 Å². The fraction of sp³-hybridized carbons (Fsp3) is 0.538. The normalized spacial score (nSPS) is 19.2. The van der Waals surface area contributed by atoms with E-state index in [2.05, 4.69) is 42.2 Å². The summed E-state index contributed by atoms with van der Waals surface area (Å²) in [6, 6.07) is 6.68. The molecule has 2 rings (SSSR count). The van der Waals surface area contributed by atoms with Crippen molar-refractivity contribution in [2.75, 3.05) is 13.6 Å². The van der Waals surface area contributed by atoms with Crippen molar-refractivity contribution >= 4 is 11.8 Å². The van der Waals surface area contributed by atoms with Crippen LogP contribution in [0.25, 0.3) is 0 Å². The van der Waals surface area contributed by atoms with E-state index in [0.717, 1.165) is 11.8 Å². The first kappa shape index (κ1) is 11.0. The summed E-state index contributed by atoms with van der Waals surface area (Å²) in [5.74, 6) is 0. The molecule has 1 aromatic rings. The van der Waals surface area contributed by atoms with Crippen LogP contribution in [-0.4, -0.2) is 18.8 Å². The molecule has 1 aliphatic rings. The van der Waals surface area contributed by atoms with E-state index < -0.39 is 0 Å². The maximum Gasteiger partial charge on any atom is 0.0136 e. The van der Waals surface area contributed by atoms with Crippen LogP contribution in [0.4, 0.5) is 0 Å². The third-order valence-electron chi connectivity index (χ3n) is 3.05. The molecule has 0 radical (unpaired) electrons. The van der Waals surface area contributed by atoms with Gasteiger partial charge in [0.05, 0.1) is 0 Å². The SMILES string of the molecule is CNCCCC1Cc2c(C)cccc2S1. The number of benzene rings is 1. The van der Waals surface area contributed by atoms with Gasteiger partial charge >= 0.3 is 0 Å². The van der Waals surface area contributed by atoms with E-state index in [4.69, 9.17) is 0 Å². The average Bonchev–Trinajstić information content (AvgIpc) is 2.63. The van der Waals surface area contributed by atoms with Crippen molar-refractivity contribution < 1.29 is 0 Å². The van der Waals surface area contributed by atoms with Gasteiger partial charge in [-0.15, -0.1) is 11.8 Å². The summed E-state index contributed by atoms with van der Waals surface area (Å²) in [5, 5.41) is 4.03. The zero-order valence-electron chi connectivity index (χ0n) is 9.55. The molecule has 1 unspecified atom stereocenters. The smallest absolute Gasteiger partial charge is 0.0136 e. The number of hydrogen-bond acceptors (Lipinski definition) is 2. The van der Waals surface area contributed by atoms with Crippen LogP contribution in [0.15, 0.2) is 23.1 Å². The van der Waals surface area contributed by atoms with E-state index in [9.17, 15) is 0 Å². The molecule has 0 saturated carbocycles. The zero-order valence-corrected chi connectivity index (χ0v) is 10.4. The summed E-state index contributed by atoms with van der Waals surface area (Å²) in [6.07, 6.45) is 3.90. The van der Waals surface area contributed by atoms with Gasteiger partial charge in [-0.25, -0.2) is 0 Å². The molecule has 0 amide bonds. The Morgan fingerprint density at radius 3 is 3.07 bits per heavy atom. The van der Waals surface area contributed by atoms with Gasteiger partial charge in [-0.05, 0) is 57.0 Å². The number of thioether (sulfide) groups is 1. The number of nitrogens with one attached hydrogen (secondary N) is 1. The highest BCUT2D eigenvalue weighted by molar-refractivity contribution is 8.00. The molecular weight excluding hydrogens is 202 g/mol.